The Hall–Kier alpha value is -1.35. The third-order valence-electron chi connectivity index (χ3n) is 4.71. The van der Waals surface area contributed by atoms with Gasteiger partial charge in [-0.25, -0.2) is 0 Å². The molecule has 1 aliphatic carbocycles. The van der Waals surface area contributed by atoms with Gasteiger partial charge in [0.2, 0.25) is 5.91 Å². The lowest BCUT2D eigenvalue weighted by Gasteiger charge is -2.36. The van der Waals surface area contributed by atoms with E-state index in [2.05, 4.69) is 42.3 Å². The maximum atomic E-state index is 12.3. The van der Waals surface area contributed by atoms with Crippen LogP contribution >= 0.6 is 0 Å². The number of carbonyl (C=O) groups is 1. The summed E-state index contributed by atoms with van der Waals surface area (Å²) in [5.41, 5.74) is 3.79. The molecule has 3 heteroatoms. The summed E-state index contributed by atoms with van der Waals surface area (Å²) < 4.78 is 0. The molecule has 0 spiro atoms. The summed E-state index contributed by atoms with van der Waals surface area (Å²) in [4.78, 5) is 14.4. The molecule has 1 N–H and O–H groups in total. The molecule has 2 fully saturated rings. The van der Waals surface area contributed by atoms with Crippen LogP contribution in [-0.2, 0) is 4.79 Å². The van der Waals surface area contributed by atoms with E-state index in [0.717, 1.165) is 12.8 Å². The Bertz CT molecular complexity index is 506. The molecule has 1 aromatic carbocycles. The first kappa shape index (κ1) is 13.6. The minimum Gasteiger partial charge on any atom is -0.319 e. The largest absolute Gasteiger partial charge is 0.319 e. The van der Waals surface area contributed by atoms with Crippen LogP contribution in [0.1, 0.15) is 55.0 Å². The number of nitrogens with one attached hydrogen (secondary N) is 1. The average Bonchev–Trinajstić information content (AvgIpc) is 2.84. The first-order chi connectivity index (χ1) is 9.66. The lowest BCUT2D eigenvalue weighted by atomic mass is 9.93. The van der Waals surface area contributed by atoms with Crippen molar-refractivity contribution < 1.29 is 4.79 Å². The van der Waals surface area contributed by atoms with Crippen LogP contribution < -0.4 is 5.32 Å². The molecule has 20 heavy (non-hydrogen) atoms. The highest BCUT2D eigenvalue weighted by molar-refractivity contribution is 5.81. The fraction of sp³-hybridized carbons (Fsp3) is 0.588. The van der Waals surface area contributed by atoms with E-state index in [1.54, 1.807) is 0 Å². The Morgan fingerprint density at radius 3 is 2.65 bits per heavy atom. The summed E-state index contributed by atoms with van der Waals surface area (Å²) in [7, 11) is 0. The highest BCUT2D eigenvalue weighted by Gasteiger charge is 2.37. The molecule has 1 aliphatic heterocycles. The molecular weight excluding hydrogens is 248 g/mol. The normalized spacial score (nSPS) is 24.4. The summed E-state index contributed by atoms with van der Waals surface area (Å²) in [6, 6.07) is 6.95. The van der Waals surface area contributed by atoms with Crippen molar-refractivity contribution in [2.45, 2.75) is 58.2 Å². The van der Waals surface area contributed by atoms with Gasteiger partial charge in [0.1, 0.15) is 6.17 Å². The molecule has 3 nitrogen and oxygen atoms in total. The summed E-state index contributed by atoms with van der Waals surface area (Å²) >= 11 is 0. The van der Waals surface area contributed by atoms with E-state index in [1.165, 1.54) is 36.0 Å². The molecule has 1 saturated heterocycles. The number of aryl methyl sites for hydroxylation is 2. The van der Waals surface area contributed by atoms with Gasteiger partial charge in [0, 0.05) is 6.04 Å². The summed E-state index contributed by atoms with van der Waals surface area (Å²) in [5, 5.41) is 3.41. The number of benzene rings is 1. The smallest absolute Gasteiger partial charge is 0.238 e. The maximum absolute atomic E-state index is 12.3. The highest BCUT2D eigenvalue weighted by atomic mass is 16.2. The van der Waals surface area contributed by atoms with Crippen molar-refractivity contribution in [2.75, 3.05) is 6.54 Å². The van der Waals surface area contributed by atoms with E-state index in [4.69, 9.17) is 0 Å². The number of nitrogens with zero attached hydrogens (tertiary/aromatic N) is 1. The second kappa shape index (κ2) is 5.57. The van der Waals surface area contributed by atoms with Crippen molar-refractivity contribution in [3.05, 3.63) is 34.9 Å². The maximum Gasteiger partial charge on any atom is 0.238 e. The van der Waals surface area contributed by atoms with Gasteiger partial charge in [0.25, 0.3) is 0 Å². The number of rotatable bonds is 2. The molecule has 1 atom stereocenters. The molecule has 1 aromatic rings. The molecule has 1 unspecified atom stereocenters. The van der Waals surface area contributed by atoms with E-state index in [9.17, 15) is 4.79 Å². The quantitative estimate of drug-likeness (QED) is 0.897. The van der Waals surface area contributed by atoms with Gasteiger partial charge in [-0.15, -0.1) is 0 Å². The fourth-order valence-electron chi connectivity index (χ4n) is 3.61. The molecule has 108 valence electrons. The molecule has 1 heterocycles. The third-order valence-corrected chi connectivity index (χ3v) is 4.71. The van der Waals surface area contributed by atoms with Crippen LogP contribution in [0.25, 0.3) is 0 Å². The summed E-state index contributed by atoms with van der Waals surface area (Å²) in [6.45, 7) is 4.73. The lowest BCUT2D eigenvalue weighted by Crippen LogP contribution is -2.41. The molecule has 2 aliphatic rings. The molecule has 0 bridgehead atoms. The van der Waals surface area contributed by atoms with Crippen molar-refractivity contribution in [3.8, 4) is 0 Å². The third kappa shape index (κ3) is 2.47. The number of amides is 1. The van der Waals surface area contributed by atoms with Crippen LogP contribution in [0.3, 0.4) is 0 Å². The summed E-state index contributed by atoms with van der Waals surface area (Å²) in [5.74, 6) is 0.266. The van der Waals surface area contributed by atoms with E-state index in [-0.39, 0.29) is 12.1 Å². The van der Waals surface area contributed by atoms with Crippen LogP contribution in [0.4, 0.5) is 0 Å². The van der Waals surface area contributed by atoms with Gasteiger partial charge in [-0.05, 0) is 37.8 Å². The van der Waals surface area contributed by atoms with E-state index < -0.39 is 0 Å². The van der Waals surface area contributed by atoms with Crippen molar-refractivity contribution >= 4 is 5.91 Å². The Morgan fingerprint density at radius 2 is 1.90 bits per heavy atom. The number of carbonyl (C=O) groups excluding carboxylic acids is 1. The standard InChI is InChI=1S/C17H24N2O/c1-12-8-9-13(2)15(10-12)17-18-11-16(20)19(17)14-6-4-3-5-7-14/h8-10,14,17-18H,3-7,11H2,1-2H3. The Kier molecular flexibility index (Phi) is 3.79. The van der Waals surface area contributed by atoms with Gasteiger partial charge in [-0.2, -0.15) is 0 Å². The Balaban J connectivity index is 1.90. The van der Waals surface area contributed by atoms with Crippen molar-refractivity contribution in [3.63, 3.8) is 0 Å². The van der Waals surface area contributed by atoms with E-state index in [0.29, 0.717) is 12.6 Å². The van der Waals surface area contributed by atoms with Crippen LogP contribution in [0.5, 0.6) is 0 Å². The van der Waals surface area contributed by atoms with Gasteiger partial charge in [-0.3, -0.25) is 10.1 Å². The van der Waals surface area contributed by atoms with Crippen LogP contribution in [-0.4, -0.2) is 23.4 Å². The second-order valence-electron chi connectivity index (χ2n) is 6.24. The molecule has 1 saturated carbocycles. The zero-order chi connectivity index (χ0) is 14.1. The Morgan fingerprint density at radius 1 is 1.15 bits per heavy atom. The average molecular weight is 272 g/mol. The molecule has 1 amide bonds. The van der Waals surface area contributed by atoms with Crippen molar-refractivity contribution in [1.29, 1.82) is 0 Å². The van der Waals surface area contributed by atoms with Crippen LogP contribution in [0.15, 0.2) is 18.2 Å². The minimum atomic E-state index is 0.0745. The monoisotopic (exact) mass is 272 g/mol. The van der Waals surface area contributed by atoms with Crippen LogP contribution in [0.2, 0.25) is 0 Å². The van der Waals surface area contributed by atoms with Crippen molar-refractivity contribution in [1.82, 2.24) is 10.2 Å². The van der Waals surface area contributed by atoms with Gasteiger partial charge in [0.05, 0.1) is 6.54 Å². The molecule has 0 aromatic heterocycles. The summed E-state index contributed by atoms with van der Waals surface area (Å²) in [6.07, 6.45) is 6.23. The van der Waals surface area contributed by atoms with Gasteiger partial charge in [0.15, 0.2) is 0 Å². The zero-order valence-corrected chi connectivity index (χ0v) is 12.5. The topological polar surface area (TPSA) is 32.3 Å². The van der Waals surface area contributed by atoms with Crippen molar-refractivity contribution in [2.24, 2.45) is 0 Å². The predicted molar refractivity (Wildman–Crippen MR) is 80.4 cm³/mol. The molecule has 3 rings (SSSR count). The first-order valence-corrected chi connectivity index (χ1v) is 7.78. The Labute approximate surface area is 121 Å². The van der Waals surface area contributed by atoms with Gasteiger partial charge >= 0.3 is 0 Å². The highest BCUT2D eigenvalue weighted by Crippen LogP contribution is 2.33. The fourth-order valence-corrected chi connectivity index (χ4v) is 3.61. The van der Waals surface area contributed by atoms with Gasteiger partial charge < -0.3 is 4.90 Å². The van der Waals surface area contributed by atoms with E-state index >= 15 is 0 Å². The predicted octanol–water partition coefficient (Wildman–Crippen LogP) is 3.07. The molecular formula is C17H24N2O. The zero-order valence-electron chi connectivity index (χ0n) is 12.5. The SMILES string of the molecule is Cc1ccc(C)c(C2NCC(=O)N2C2CCCCC2)c1. The lowest BCUT2D eigenvalue weighted by molar-refractivity contribution is -0.131. The van der Waals surface area contributed by atoms with Crippen LogP contribution in [0, 0.1) is 13.8 Å². The number of hydrogen-bond donors (Lipinski definition) is 1. The first-order valence-electron chi connectivity index (χ1n) is 7.78. The number of hydrogen-bond acceptors (Lipinski definition) is 2. The van der Waals surface area contributed by atoms with E-state index in [1.807, 2.05) is 0 Å². The minimum absolute atomic E-state index is 0.0745. The van der Waals surface area contributed by atoms with Gasteiger partial charge in [-0.1, -0.05) is 43.0 Å². The second-order valence-corrected chi connectivity index (χ2v) is 6.24. The molecule has 0 radical (unpaired) electrons.